The van der Waals surface area contributed by atoms with Gasteiger partial charge in [-0.2, -0.15) is 0 Å². The summed E-state index contributed by atoms with van der Waals surface area (Å²) < 4.78 is 1.72. The molecule has 0 aliphatic carbocycles. The Morgan fingerprint density at radius 2 is 1.75 bits per heavy atom. The van der Waals surface area contributed by atoms with Crippen LogP contribution in [0, 0.1) is 13.8 Å². The maximum absolute atomic E-state index is 12.1. The van der Waals surface area contributed by atoms with Crippen LogP contribution in [0.4, 0.5) is 0 Å². The number of aromatic nitrogens is 1. The van der Waals surface area contributed by atoms with E-state index in [-0.39, 0.29) is 11.7 Å². The average molecular weight is 273 g/mol. The summed E-state index contributed by atoms with van der Waals surface area (Å²) in [7, 11) is 0. The first-order chi connectivity index (χ1) is 9.47. The van der Waals surface area contributed by atoms with E-state index in [2.05, 4.69) is 5.43 Å². The van der Waals surface area contributed by atoms with Crippen LogP contribution in [-0.4, -0.2) is 21.7 Å². The minimum Gasteiger partial charge on any atom is -0.508 e. The highest BCUT2D eigenvalue weighted by Gasteiger charge is 2.15. The fraction of sp³-hybridized carbons (Fsp3) is 0.267. The normalized spacial score (nSPS) is 12.2. The van der Waals surface area contributed by atoms with Crippen LogP contribution in [0.3, 0.4) is 0 Å². The number of hydrogen-bond acceptors (Lipinski definition) is 3. The van der Waals surface area contributed by atoms with E-state index in [0.29, 0.717) is 6.42 Å². The molecule has 5 heteroatoms. The van der Waals surface area contributed by atoms with Gasteiger partial charge < -0.3 is 10.8 Å². The zero-order chi connectivity index (χ0) is 14.7. The predicted octanol–water partition coefficient (Wildman–Crippen LogP) is 1.45. The molecule has 1 aromatic carbocycles. The molecule has 0 aliphatic heterocycles. The number of rotatable bonds is 4. The molecule has 2 rings (SSSR count). The van der Waals surface area contributed by atoms with Gasteiger partial charge >= 0.3 is 0 Å². The van der Waals surface area contributed by atoms with Gasteiger partial charge in [0.1, 0.15) is 5.75 Å². The molecule has 1 heterocycles. The number of phenols is 1. The third-order valence-corrected chi connectivity index (χ3v) is 3.22. The Kier molecular flexibility index (Phi) is 4.10. The molecule has 5 nitrogen and oxygen atoms in total. The summed E-state index contributed by atoms with van der Waals surface area (Å²) in [5.74, 6) is -0.0363. The molecule has 1 atom stereocenters. The van der Waals surface area contributed by atoms with Crippen molar-refractivity contribution in [2.45, 2.75) is 26.3 Å². The van der Waals surface area contributed by atoms with Gasteiger partial charge in [0, 0.05) is 11.4 Å². The van der Waals surface area contributed by atoms with Crippen molar-refractivity contribution in [3.63, 3.8) is 0 Å². The highest BCUT2D eigenvalue weighted by atomic mass is 16.3. The van der Waals surface area contributed by atoms with Gasteiger partial charge in [-0.05, 0) is 50.1 Å². The van der Waals surface area contributed by atoms with Crippen LogP contribution in [0.5, 0.6) is 5.75 Å². The van der Waals surface area contributed by atoms with Crippen molar-refractivity contribution >= 4 is 5.91 Å². The van der Waals surface area contributed by atoms with Crippen molar-refractivity contribution in [1.82, 2.24) is 4.68 Å². The fourth-order valence-electron chi connectivity index (χ4n) is 2.02. The fourth-order valence-corrected chi connectivity index (χ4v) is 2.02. The second-order valence-corrected chi connectivity index (χ2v) is 4.90. The number of hydrogen-bond donors (Lipinski definition) is 3. The first-order valence-electron chi connectivity index (χ1n) is 6.46. The Labute approximate surface area is 118 Å². The summed E-state index contributed by atoms with van der Waals surface area (Å²) in [5, 5.41) is 9.22. The van der Waals surface area contributed by atoms with E-state index >= 15 is 0 Å². The lowest BCUT2D eigenvalue weighted by atomic mass is 10.1. The summed E-state index contributed by atoms with van der Waals surface area (Å²) in [6, 6.07) is 9.91. The molecule has 1 aromatic heterocycles. The highest BCUT2D eigenvalue weighted by molar-refractivity contribution is 5.89. The number of aryl methyl sites for hydroxylation is 2. The monoisotopic (exact) mass is 273 g/mol. The second kappa shape index (κ2) is 5.79. The molecular formula is C15H19N3O2. The molecule has 0 spiro atoms. The third-order valence-electron chi connectivity index (χ3n) is 3.22. The largest absolute Gasteiger partial charge is 0.508 e. The van der Waals surface area contributed by atoms with Crippen molar-refractivity contribution in [3.8, 4) is 5.75 Å². The molecule has 106 valence electrons. The highest BCUT2D eigenvalue weighted by Crippen LogP contribution is 2.11. The Morgan fingerprint density at radius 3 is 2.30 bits per heavy atom. The average Bonchev–Trinajstić information content (AvgIpc) is 2.73. The lowest BCUT2D eigenvalue weighted by Gasteiger charge is -2.15. The number of carbonyl (C=O) groups excluding carboxylic acids is 1. The van der Waals surface area contributed by atoms with E-state index in [4.69, 9.17) is 5.73 Å². The van der Waals surface area contributed by atoms with Crippen molar-refractivity contribution in [2.75, 3.05) is 5.43 Å². The lowest BCUT2D eigenvalue weighted by molar-refractivity contribution is -0.118. The lowest BCUT2D eigenvalue weighted by Crippen LogP contribution is -2.41. The summed E-state index contributed by atoms with van der Waals surface area (Å²) in [4.78, 5) is 12.1. The predicted molar refractivity (Wildman–Crippen MR) is 78.1 cm³/mol. The Balaban J connectivity index is 2.00. The number of benzene rings is 1. The van der Waals surface area contributed by atoms with Crippen molar-refractivity contribution in [3.05, 3.63) is 53.3 Å². The van der Waals surface area contributed by atoms with Gasteiger partial charge in [-0.1, -0.05) is 12.1 Å². The number of aromatic hydroxyl groups is 1. The van der Waals surface area contributed by atoms with Crippen molar-refractivity contribution in [2.24, 2.45) is 5.73 Å². The third kappa shape index (κ3) is 3.19. The molecule has 0 radical (unpaired) electrons. The van der Waals surface area contributed by atoms with Gasteiger partial charge in [-0.3, -0.25) is 14.9 Å². The Bertz CT molecular complexity index is 583. The van der Waals surface area contributed by atoms with Crippen LogP contribution in [0.25, 0.3) is 0 Å². The smallest absolute Gasteiger partial charge is 0.256 e. The van der Waals surface area contributed by atoms with Crippen LogP contribution in [0.1, 0.15) is 17.0 Å². The van der Waals surface area contributed by atoms with E-state index in [0.717, 1.165) is 17.0 Å². The molecular weight excluding hydrogens is 254 g/mol. The summed E-state index contributed by atoms with van der Waals surface area (Å²) in [6.07, 6.45) is 0.422. The second-order valence-electron chi connectivity index (χ2n) is 4.90. The van der Waals surface area contributed by atoms with E-state index in [1.54, 1.807) is 28.9 Å². The maximum atomic E-state index is 12.1. The minimum absolute atomic E-state index is 0.199. The van der Waals surface area contributed by atoms with Crippen LogP contribution in [0.15, 0.2) is 36.4 Å². The van der Waals surface area contributed by atoms with E-state index in [1.807, 2.05) is 26.0 Å². The molecule has 0 saturated heterocycles. The molecule has 20 heavy (non-hydrogen) atoms. The molecule has 0 bridgehead atoms. The van der Waals surface area contributed by atoms with Crippen LogP contribution < -0.4 is 11.2 Å². The van der Waals surface area contributed by atoms with Crippen LogP contribution >= 0.6 is 0 Å². The molecule has 0 saturated carbocycles. The summed E-state index contributed by atoms with van der Waals surface area (Å²) >= 11 is 0. The van der Waals surface area contributed by atoms with E-state index in [9.17, 15) is 9.90 Å². The summed E-state index contributed by atoms with van der Waals surface area (Å²) in [5.41, 5.74) is 11.5. The van der Waals surface area contributed by atoms with Gasteiger partial charge in [-0.25, -0.2) is 0 Å². The van der Waals surface area contributed by atoms with Gasteiger partial charge in [0.05, 0.1) is 6.04 Å². The number of nitrogens with one attached hydrogen (secondary N) is 1. The molecule has 4 N–H and O–H groups in total. The molecule has 0 fully saturated rings. The number of nitrogens with zero attached hydrogens (tertiary/aromatic N) is 1. The number of carbonyl (C=O) groups is 1. The summed E-state index contributed by atoms with van der Waals surface area (Å²) in [6.45, 7) is 3.83. The standard InChI is InChI=1S/C15H19N3O2/c1-10-3-4-11(2)18(10)17-15(20)14(16)9-12-5-7-13(19)8-6-12/h3-8,14,19H,9,16H2,1-2H3,(H,17,20)/t14-/m1/s1. The first kappa shape index (κ1) is 14.1. The van der Waals surface area contributed by atoms with Gasteiger partial charge in [0.25, 0.3) is 5.91 Å². The number of amides is 1. The van der Waals surface area contributed by atoms with Gasteiger partial charge in [0.15, 0.2) is 0 Å². The maximum Gasteiger partial charge on any atom is 0.256 e. The molecule has 1 amide bonds. The number of phenolic OH excluding ortho intramolecular Hbond substituents is 1. The van der Waals surface area contributed by atoms with Crippen LogP contribution in [-0.2, 0) is 11.2 Å². The van der Waals surface area contributed by atoms with Gasteiger partial charge in [-0.15, -0.1) is 0 Å². The zero-order valence-corrected chi connectivity index (χ0v) is 11.6. The Morgan fingerprint density at radius 1 is 1.20 bits per heavy atom. The van der Waals surface area contributed by atoms with Crippen molar-refractivity contribution < 1.29 is 9.90 Å². The molecule has 2 aromatic rings. The van der Waals surface area contributed by atoms with Crippen LogP contribution in [0.2, 0.25) is 0 Å². The zero-order valence-electron chi connectivity index (χ0n) is 11.6. The first-order valence-corrected chi connectivity index (χ1v) is 6.46. The van der Waals surface area contributed by atoms with Crippen molar-refractivity contribution in [1.29, 1.82) is 0 Å². The minimum atomic E-state index is -0.638. The topological polar surface area (TPSA) is 80.3 Å². The van der Waals surface area contributed by atoms with E-state index < -0.39 is 6.04 Å². The molecule has 0 unspecified atom stereocenters. The molecule has 0 aliphatic rings. The quantitative estimate of drug-likeness (QED) is 0.788. The van der Waals surface area contributed by atoms with Gasteiger partial charge in [0.2, 0.25) is 0 Å². The SMILES string of the molecule is Cc1ccc(C)n1NC(=O)[C@H](N)Cc1ccc(O)cc1. The number of nitrogens with two attached hydrogens (primary N) is 1. The van der Waals surface area contributed by atoms with E-state index in [1.165, 1.54) is 0 Å². The Hall–Kier alpha value is -2.27.